The number of aryl methyl sites for hydroxylation is 1. The number of aromatic nitrogens is 3. The molecule has 0 amide bonds. The Bertz CT molecular complexity index is 638. The molecule has 1 aliphatic rings. The Hall–Kier alpha value is -1.98. The number of benzene rings is 1. The smallest absolute Gasteiger partial charge is 0.100 e. The Labute approximate surface area is 137 Å². The fraction of sp³-hybridized carbons (Fsp3) is 0.444. The van der Waals surface area contributed by atoms with Crippen LogP contribution in [-0.4, -0.2) is 46.2 Å². The molecule has 0 bridgehead atoms. The molecule has 0 saturated carbocycles. The predicted molar refractivity (Wildman–Crippen MR) is 90.2 cm³/mol. The standard InChI is InChI=1S/C18H24N4O/c1-3-11-23-14-16-12-22(10-9-15-7-5-4-6-8-15)13-17-18(16)21(2)20-19-17/h3-8,16H,1,9-14H2,2H3. The van der Waals surface area contributed by atoms with Gasteiger partial charge in [-0.15, -0.1) is 11.7 Å². The molecule has 23 heavy (non-hydrogen) atoms. The Morgan fingerprint density at radius 3 is 2.96 bits per heavy atom. The highest BCUT2D eigenvalue weighted by Gasteiger charge is 2.29. The summed E-state index contributed by atoms with van der Waals surface area (Å²) in [5.41, 5.74) is 3.67. The van der Waals surface area contributed by atoms with Crippen LogP contribution in [0.15, 0.2) is 43.0 Å². The first-order valence-corrected chi connectivity index (χ1v) is 8.11. The van der Waals surface area contributed by atoms with Gasteiger partial charge in [-0.1, -0.05) is 41.6 Å². The van der Waals surface area contributed by atoms with E-state index in [-0.39, 0.29) is 0 Å². The third kappa shape index (κ3) is 3.86. The quantitative estimate of drug-likeness (QED) is 0.580. The maximum atomic E-state index is 5.70. The molecule has 1 atom stereocenters. The molecule has 2 aromatic rings. The fourth-order valence-corrected chi connectivity index (χ4v) is 3.22. The highest BCUT2D eigenvalue weighted by Crippen LogP contribution is 2.26. The van der Waals surface area contributed by atoms with Crippen LogP contribution in [0.5, 0.6) is 0 Å². The van der Waals surface area contributed by atoms with Gasteiger partial charge in [-0.3, -0.25) is 9.58 Å². The molecule has 0 fully saturated rings. The molecule has 1 aliphatic heterocycles. The lowest BCUT2D eigenvalue weighted by atomic mass is 9.98. The van der Waals surface area contributed by atoms with E-state index < -0.39 is 0 Å². The molecular weight excluding hydrogens is 288 g/mol. The third-order valence-electron chi connectivity index (χ3n) is 4.30. The van der Waals surface area contributed by atoms with Crippen LogP contribution in [-0.2, 0) is 24.8 Å². The van der Waals surface area contributed by atoms with E-state index in [4.69, 9.17) is 4.74 Å². The Morgan fingerprint density at radius 1 is 1.35 bits per heavy atom. The molecular formula is C18H24N4O. The minimum absolute atomic E-state index is 0.314. The predicted octanol–water partition coefficient (Wildman–Crippen LogP) is 2.16. The summed E-state index contributed by atoms with van der Waals surface area (Å²) in [6.07, 6.45) is 2.84. The molecule has 3 rings (SSSR count). The maximum absolute atomic E-state index is 5.70. The first-order valence-electron chi connectivity index (χ1n) is 8.11. The number of nitrogens with zero attached hydrogens (tertiary/aromatic N) is 4. The van der Waals surface area contributed by atoms with Crippen LogP contribution in [0.3, 0.4) is 0 Å². The van der Waals surface area contributed by atoms with Crippen LogP contribution in [0.1, 0.15) is 22.9 Å². The maximum Gasteiger partial charge on any atom is 0.100 e. The summed E-state index contributed by atoms with van der Waals surface area (Å²) in [7, 11) is 1.96. The fourth-order valence-electron chi connectivity index (χ4n) is 3.22. The van der Waals surface area contributed by atoms with Crippen molar-refractivity contribution in [1.29, 1.82) is 0 Å². The zero-order chi connectivity index (χ0) is 16.1. The van der Waals surface area contributed by atoms with Crippen LogP contribution >= 0.6 is 0 Å². The van der Waals surface area contributed by atoms with Gasteiger partial charge in [0.05, 0.1) is 18.9 Å². The highest BCUT2D eigenvalue weighted by molar-refractivity contribution is 5.20. The monoisotopic (exact) mass is 312 g/mol. The van der Waals surface area contributed by atoms with Gasteiger partial charge in [0.25, 0.3) is 0 Å². The molecule has 0 saturated heterocycles. The average Bonchev–Trinajstić information content (AvgIpc) is 2.95. The second kappa shape index (κ2) is 7.53. The molecule has 5 nitrogen and oxygen atoms in total. The van der Waals surface area contributed by atoms with Crippen molar-refractivity contribution in [2.24, 2.45) is 7.05 Å². The van der Waals surface area contributed by atoms with Crippen LogP contribution in [0.25, 0.3) is 0 Å². The third-order valence-corrected chi connectivity index (χ3v) is 4.30. The van der Waals surface area contributed by atoms with Gasteiger partial charge in [0.1, 0.15) is 5.69 Å². The van der Waals surface area contributed by atoms with Crippen molar-refractivity contribution in [3.63, 3.8) is 0 Å². The molecule has 1 aromatic heterocycles. The van der Waals surface area contributed by atoms with Crippen molar-refractivity contribution in [3.05, 3.63) is 59.9 Å². The van der Waals surface area contributed by atoms with Gasteiger partial charge in [-0.05, 0) is 12.0 Å². The van der Waals surface area contributed by atoms with E-state index >= 15 is 0 Å². The summed E-state index contributed by atoms with van der Waals surface area (Å²) >= 11 is 0. The van der Waals surface area contributed by atoms with Crippen molar-refractivity contribution in [2.75, 3.05) is 26.3 Å². The summed E-state index contributed by atoms with van der Waals surface area (Å²) < 4.78 is 7.60. The normalized spacial score (nSPS) is 17.9. The van der Waals surface area contributed by atoms with Gasteiger partial charge in [0, 0.05) is 32.6 Å². The molecule has 0 spiro atoms. The van der Waals surface area contributed by atoms with Gasteiger partial charge >= 0.3 is 0 Å². The second-order valence-electron chi connectivity index (χ2n) is 6.04. The lowest BCUT2D eigenvalue weighted by Crippen LogP contribution is -2.37. The molecule has 0 aliphatic carbocycles. The van der Waals surface area contributed by atoms with E-state index in [9.17, 15) is 0 Å². The molecule has 0 radical (unpaired) electrons. The van der Waals surface area contributed by atoms with Crippen molar-refractivity contribution in [1.82, 2.24) is 19.9 Å². The molecule has 122 valence electrons. The van der Waals surface area contributed by atoms with E-state index in [2.05, 4.69) is 52.1 Å². The zero-order valence-electron chi connectivity index (χ0n) is 13.7. The van der Waals surface area contributed by atoms with E-state index in [0.717, 1.165) is 31.7 Å². The first kappa shape index (κ1) is 15.9. The van der Waals surface area contributed by atoms with Gasteiger partial charge in [0.2, 0.25) is 0 Å². The minimum Gasteiger partial charge on any atom is -0.377 e. The molecule has 0 N–H and O–H groups in total. The Balaban J connectivity index is 1.66. The van der Waals surface area contributed by atoms with Gasteiger partial charge in [-0.2, -0.15) is 0 Å². The van der Waals surface area contributed by atoms with Crippen molar-refractivity contribution < 1.29 is 4.74 Å². The Morgan fingerprint density at radius 2 is 2.17 bits per heavy atom. The van der Waals surface area contributed by atoms with E-state index in [1.807, 2.05) is 11.7 Å². The summed E-state index contributed by atoms with van der Waals surface area (Å²) in [5.74, 6) is 0.314. The molecule has 2 heterocycles. The number of ether oxygens (including phenoxy) is 1. The lowest BCUT2D eigenvalue weighted by Gasteiger charge is -2.32. The molecule has 1 unspecified atom stereocenters. The van der Waals surface area contributed by atoms with E-state index in [1.54, 1.807) is 6.08 Å². The van der Waals surface area contributed by atoms with Crippen LogP contribution in [0.2, 0.25) is 0 Å². The van der Waals surface area contributed by atoms with E-state index in [0.29, 0.717) is 19.1 Å². The topological polar surface area (TPSA) is 43.2 Å². The number of hydrogen-bond donors (Lipinski definition) is 0. The summed E-state index contributed by atoms with van der Waals surface area (Å²) in [6.45, 7) is 7.85. The van der Waals surface area contributed by atoms with Crippen molar-refractivity contribution in [2.45, 2.75) is 18.9 Å². The van der Waals surface area contributed by atoms with Crippen LogP contribution in [0.4, 0.5) is 0 Å². The van der Waals surface area contributed by atoms with Crippen molar-refractivity contribution in [3.8, 4) is 0 Å². The lowest BCUT2D eigenvalue weighted by molar-refractivity contribution is 0.114. The summed E-state index contributed by atoms with van der Waals surface area (Å²) in [5, 5.41) is 8.53. The number of hydrogen-bond acceptors (Lipinski definition) is 4. The van der Waals surface area contributed by atoms with E-state index in [1.165, 1.54) is 11.3 Å². The molecule has 1 aromatic carbocycles. The molecule has 5 heteroatoms. The minimum atomic E-state index is 0.314. The highest BCUT2D eigenvalue weighted by atomic mass is 16.5. The van der Waals surface area contributed by atoms with Gasteiger partial charge in [0.15, 0.2) is 0 Å². The SMILES string of the molecule is C=CCOCC1CN(CCc2ccccc2)Cc2nnn(C)c21. The second-order valence-corrected chi connectivity index (χ2v) is 6.04. The summed E-state index contributed by atoms with van der Waals surface area (Å²) in [6, 6.07) is 10.6. The Kier molecular flexibility index (Phi) is 5.20. The van der Waals surface area contributed by atoms with Gasteiger partial charge in [-0.25, -0.2) is 0 Å². The number of fused-ring (bicyclic) bond motifs is 1. The van der Waals surface area contributed by atoms with Crippen LogP contribution in [0, 0.1) is 0 Å². The number of rotatable bonds is 7. The first-order chi connectivity index (χ1) is 11.3. The van der Waals surface area contributed by atoms with Crippen molar-refractivity contribution >= 4 is 0 Å². The van der Waals surface area contributed by atoms with Gasteiger partial charge < -0.3 is 4.74 Å². The summed E-state index contributed by atoms with van der Waals surface area (Å²) in [4.78, 5) is 2.45. The van der Waals surface area contributed by atoms with Crippen LogP contribution < -0.4 is 0 Å². The largest absolute Gasteiger partial charge is 0.377 e. The zero-order valence-corrected chi connectivity index (χ0v) is 13.7. The average molecular weight is 312 g/mol.